The van der Waals surface area contributed by atoms with Gasteiger partial charge in [0.2, 0.25) is 0 Å². The first-order chi connectivity index (χ1) is 6.25. The lowest BCUT2D eigenvalue weighted by Crippen LogP contribution is -2.23. The van der Waals surface area contributed by atoms with Crippen molar-refractivity contribution in [2.45, 2.75) is 19.1 Å². The molecular weight excluding hydrogens is 168 g/mol. The first kappa shape index (κ1) is 8.65. The topological polar surface area (TPSA) is 54.2 Å². The number of nitrogens with zero attached hydrogens (tertiary/aromatic N) is 4. The predicted molar refractivity (Wildman–Crippen MR) is 46.9 cm³/mol. The highest BCUT2D eigenvalue weighted by Crippen LogP contribution is 2.11. The Kier molecular flexibility index (Phi) is 2.28. The number of likely N-dealkylation sites (tertiary alicyclic amines) is 1. The van der Waals surface area contributed by atoms with Crippen LogP contribution in [0.15, 0.2) is 6.33 Å². The normalized spacial score (nSPS) is 24.0. The summed E-state index contributed by atoms with van der Waals surface area (Å²) in [6, 6.07) is 0. The van der Waals surface area contributed by atoms with E-state index in [2.05, 4.69) is 15.1 Å². The molecule has 0 spiro atoms. The summed E-state index contributed by atoms with van der Waals surface area (Å²) in [5, 5.41) is 17.1. The summed E-state index contributed by atoms with van der Waals surface area (Å²) in [4.78, 5) is 2.19. The molecule has 1 N–H and O–H groups in total. The van der Waals surface area contributed by atoms with Crippen molar-refractivity contribution >= 4 is 0 Å². The number of aliphatic hydroxyl groups is 1. The van der Waals surface area contributed by atoms with Gasteiger partial charge in [0.25, 0.3) is 0 Å². The second kappa shape index (κ2) is 3.43. The van der Waals surface area contributed by atoms with Crippen molar-refractivity contribution in [1.29, 1.82) is 0 Å². The van der Waals surface area contributed by atoms with Crippen molar-refractivity contribution in [3.05, 3.63) is 12.2 Å². The number of aliphatic hydroxyl groups excluding tert-OH is 1. The van der Waals surface area contributed by atoms with Crippen LogP contribution in [0.4, 0.5) is 0 Å². The zero-order chi connectivity index (χ0) is 9.26. The third-order valence-corrected chi connectivity index (χ3v) is 2.42. The van der Waals surface area contributed by atoms with Crippen molar-refractivity contribution in [2.75, 3.05) is 13.1 Å². The average molecular weight is 182 g/mol. The van der Waals surface area contributed by atoms with Crippen LogP contribution in [0.25, 0.3) is 0 Å². The van der Waals surface area contributed by atoms with Gasteiger partial charge in [-0.2, -0.15) is 0 Å². The monoisotopic (exact) mass is 182 g/mol. The van der Waals surface area contributed by atoms with Gasteiger partial charge in [-0.3, -0.25) is 4.90 Å². The summed E-state index contributed by atoms with van der Waals surface area (Å²) in [5.41, 5.74) is 0. The van der Waals surface area contributed by atoms with Gasteiger partial charge in [-0.05, 0) is 6.42 Å². The third-order valence-electron chi connectivity index (χ3n) is 2.42. The van der Waals surface area contributed by atoms with Crippen LogP contribution in [0.3, 0.4) is 0 Å². The molecule has 0 radical (unpaired) electrons. The molecule has 1 aliphatic rings. The van der Waals surface area contributed by atoms with Gasteiger partial charge in [0.1, 0.15) is 12.2 Å². The molecule has 2 rings (SSSR count). The summed E-state index contributed by atoms with van der Waals surface area (Å²) < 4.78 is 1.91. The van der Waals surface area contributed by atoms with Crippen molar-refractivity contribution in [1.82, 2.24) is 19.7 Å². The van der Waals surface area contributed by atoms with Crippen LogP contribution in [-0.2, 0) is 13.6 Å². The highest BCUT2D eigenvalue weighted by molar-refractivity contribution is 4.86. The largest absolute Gasteiger partial charge is 0.392 e. The minimum Gasteiger partial charge on any atom is -0.392 e. The average Bonchev–Trinajstić information content (AvgIpc) is 2.64. The fraction of sp³-hybridized carbons (Fsp3) is 0.750. The van der Waals surface area contributed by atoms with E-state index in [0.29, 0.717) is 0 Å². The Balaban J connectivity index is 1.95. The Morgan fingerprint density at radius 1 is 1.69 bits per heavy atom. The van der Waals surface area contributed by atoms with Crippen LogP contribution in [0, 0.1) is 0 Å². The van der Waals surface area contributed by atoms with Gasteiger partial charge >= 0.3 is 0 Å². The van der Waals surface area contributed by atoms with Crippen molar-refractivity contribution in [3.63, 3.8) is 0 Å². The van der Waals surface area contributed by atoms with E-state index in [1.807, 2.05) is 11.6 Å². The quantitative estimate of drug-likeness (QED) is 0.662. The molecule has 72 valence electrons. The molecule has 1 saturated heterocycles. The summed E-state index contributed by atoms with van der Waals surface area (Å²) in [7, 11) is 1.93. The van der Waals surface area contributed by atoms with Crippen molar-refractivity contribution in [3.8, 4) is 0 Å². The molecule has 0 amide bonds. The van der Waals surface area contributed by atoms with Crippen LogP contribution in [0.5, 0.6) is 0 Å². The Hall–Kier alpha value is -0.940. The minimum absolute atomic E-state index is 0.159. The fourth-order valence-corrected chi connectivity index (χ4v) is 1.61. The molecule has 1 unspecified atom stereocenters. The van der Waals surface area contributed by atoms with Crippen LogP contribution in [0.1, 0.15) is 12.2 Å². The summed E-state index contributed by atoms with van der Waals surface area (Å²) in [6.07, 6.45) is 2.41. The summed E-state index contributed by atoms with van der Waals surface area (Å²) in [6.45, 7) is 2.49. The second-order valence-electron chi connectivity index (χ2n) is 3.54. The van der Waals surface area contributed by atoms with Gasteiger partial charge in [0.15, 0.2) is 0 Å². The number of aryl methyl sites for hydroxylation is 1. The lowest BCUT2D eigenvalue weighted by Gasteiger charge is -2.13. The molecule has 0 aliphatic carbocycles. The van der Waals surface area contributed by atoms with E-state index < -0.39 is 0 Å². The molecule has 1 aromatic rings. The van der Waals surface area contributed by atoms with Crippen LogP contribution in [-0.4, -0.2) is 44.0 Å². The van der Waals surface area contributed by atoms with Gasteiger partial charge in [0, 0.05) is 20.1 Å². The van der Waals surface area contributed by atoms with Gasteiger partial charge in [-0.1, -0.05) is 0 Å². The second-order valence-corrected chi connectivity index (χ2v) is 3.54. The number of aromatic nitrogens is 3. The SMILES string of the molecule is Cn1cnnc1CN1CCC(O)C1. The zero-order valence-corrected chi connectivity index (χ0v) is 7.72. The van der Waals surface area contributed by atoms with E-state index in [0.717, 1.165) is 31.9 Å². The van der Waals surface area contributed by atoms with Gasteiger partial charge < -0.3 is 9.67 Å². The van der Waals surface area contributed by atoms with Crippen LogP contribution >= 0.6 is 0 Å². The molecule has 2 heterocycles. The predicted octanol–water partition coefficient (Wildman–Crippen LogP) is -0.618. The molecule has 0 bridgehead atoms. The van der Waals surface area contributed by atoms with Crippen molar-refractivity contribution < 1.29 is 5.11 Å². The van der Waals surface area contributed by atoms with Crippen LogP contribution in [0.2, 0.25) is 0 Å². The van der Waals surface area contributed by atoms with Crippen molar-refractivity contribution in [2.24, 2.45) is 7.05 Å². The summed E-state index contributed by atoms with van der Waals surface area (Å²) in [5.74, 6) is 0.953. The maximum Gasteiger partial charge on any atom is 0.146 e. The molecule has 5 nitrogen and oxygen atoms in total. The van der Waals surface area contributed by atoms with Gasteiger partial charge in [-0.25, -0.2) is 0 Å². The van der Waals surface area contributed by atoms with E-state index >= 15 is 0 Å². The molecular formula is C8H14N4O. The van der Waals surface area contributed by atoms with E-state index in [1.165, 1.54) is 0 Å². The Morgan fingerprint density at radius 2 is 2.54 bits per heavy atom. The number of hydrogen-bond donors (Lipinski definition) is 1. The molecule has 1 fully saturated rings. The molecule has 5 heteroatoms. The van der Waals surface area contributed by atoms with E-state index in [9.17, 15) is 5.11 Å². The maximum absolute atomic E-state index is 9.31. The maximum atomic E-state index is 9.31. The molecule has 0 aromatic carbocycles. The molecule has 1 aliphatic heterocycles. The summed E-state index contributed by atoms with van der Waals surface area (Å²) >= 11 is 0. The zero-order valence-electron chi connectivity index (χ0n) is 7.72. The number of hydrogen-bond acceptors (Lipinski definition) is 4. The Bertz CT molecular complexity index is 285. The standard InChI is InChI=1S/C8H14N4O/c1-11-6-9-10-8(11)5-12-3-2-7(13)4-12/h6-7,13H,2-5H2,1H3. The van der Waals surface area contributed by atoms with E-state index in [-0.39, 0.29) is 6.10 Å². The highest BCUT2D eigenvalue weighted by Gasteiger charge is 2.21. The van der Waals surface area contributed by atoms with E-state index in [4.69, 9.17) is 0 Å². The minimum atomic E-state index is -0.159. The molecule has 1 atom stereocenters. The third kappa shape index (κ3) is 1.87. The number of β-amino-alcohol motifs (C(OH)–C–C–N with tert-alkyl or cyclic N) is 1. The molecule has 13 heavy (non-hydrogen) atoms. The van der Waals surface area contributed by atoms with Gasteiger partial charge in [0.05, 0.1) is 12.6 Å². The van der Waals surface area contributed by atoms with E-state index in [1.54, 1.807) is 6.33 Å². The first-order valence-electron chi connectivity index (χ1n) is 4.49. The molecule has 0 saturated carbocycles. The Labute approximate surface area is 77.0 Å². The Morgan fingerprint density at radius 3 is 3.08 bits per heavy atom. The van der Waals surface area contributed by atoms with Gasteiger partial charge in [-0.15, -0.1) is 10.2 Å². The molecule has 1 aromatic heterocycles. The fourth-order valence-electron chi connectivity index (χ4n) is 1.61. The lowest BCUT2D eigenvalue weighted by molar-refractivity contribution is 0.173. The number of rotatable bonds is 2. The smallest absolute Gasteiger partial charge is 0.146 e. The first-order valence-corrected chi connectivity index (χ1v) is 4.49. The lowest BCUT2D eigenvalue weighted by atomic mass is 10.3. The van der Waals surface area contributed by atoms with Crippen LogP contribution < -0.4 is 0 Å². The highest BCUT2D eigenvalue weighted by atomic mass is 16.3.